The molecule has 0 saturated carbocycles. The van der Waals surface area contributed by atoms with Crippen molar-refractivity contribution in [1.29, 1.82) is 5.26 Å². The summed E-state index contributed by atoms with van der Waals surface area (Å²) in [4.78, 5) is 0.271. The van der Waals surface area contributed by atoms with Crippen LogP contribution in [0.3, 0.4) is 0 Å². The summed E-state index contributed by atoms with van der Waals surface area (Å²) in [5, 5.41) is 8.93. The van der Waals surface area contributed by atoms with Gasteiger partial charge in [0.05, 0.1) is 30.2 Å². The van der Waals surface area contributed by atoms with Crippen molar-refractivity contribution in [2.45, 2.75) is 32.1 Å². The maximum absolute atomic E-state index is 13.4. The molecule has 0 atom stereocenters. The molecule has 0 amide bonds. The molecule has 0 unspecified atom stereocenters. The second-order valence-electron chi connectivity index (χ2n) is 5.80. The fourth-order valence-corrected chi connectivity index (χ4v) is 4.83. The number of methoxy groups -OCH3 is 1. The first kappa shape index (κ1) is 18.8. The van der Waals surface area contributed by atoms with Crippen molar-refractivity contribution in [1.82, 2.24) is 0 Å². The van der Waals surface area contributed by atoms with Crippen LogP contribution >= 0.6 is 0 Å². The lowest BCUT2D eigenvalue weighted by Gasteiger charge is -2.26. The van der Waals surface area contributed by atoms with E-state index in [9.17, 15) is 8.42 Å². The van der Waals surface area contributed by atoms with E-state index in [1.54, 1.807) is 51.3 Å². The van der Waals surface area contributed by atoms with Crippen molar-refractivity contribution in [2.24, 2.45) is 0 Å². The van der Waals surface area contributed by atoms with E-state index in [4.69, 9.17) is 10.00 Å². The van der Waals surface area contributed by atoms with Gasteiger partial charge in [0.15, 0.2) is 0 Å². The third-order valence-electron chi connectivity index (χ3n) is 4.22. The highest BCUT2D eigenvalue weighted by atomic mass is 32.2. The molecule has 0 N–H and O–H groups in total. The van der Waals surface area contributed by atoms with Crippen molar-refractivity contribution < 1.29 is 13.2 Å². The number of nitrogens with zero attached hydrogens (tertiary/aromatic N) is 2. The number of hydrogen-bond acceptors (Lipinski definition) is 4. The summed E-state index contributed by atoms with van der Waals surface area (Å²) in [5.74, 6) is 0.664. The van der Waals surface area contributed by atoms with E-state index in [0.29, 0.717) is 22.6 Å². The van der Waals surface area contributed by atoms with Crippen LogP contribution in [-0.4, -0.2) is 22.1 Å². The molecular weight excluding hydrogens is 336 g/mol. The van der Waals surface area contributed by atoms with E-state index < -0.39 is 10.0 Å². The first-order valence-electron chi connectivity index (χ1n) is 7.94. The highest BCUT2D eigenvalue weighted by Crippen LogP contribution is 2.34. The van der Waals surface area contributed by atoms with Gasteiger partial charge in [-0.15, -0.1) is 0 Å². The van der Waals surface area contributed by atoms with Crippen LogP contribution in [0.2, 0.25) is 0 Å². The molecule has 2 rings (SSSR count). The number of benzene rings is 2. The Morgan fingerprint density at radius 3 is 2.32 bits per heavy atom. The van der Waals surface area contributed by atoms with E-state index in [1.165, 1.54) is 4.31 Å². The van der Waals surface area contributed by atoms with Crippen LogP contribution in [0.15, 0.2) is 41.3 Å². The number of sulfonamides is 1. The van der Waals surface area contributed by atoms with Crippen LogP contribution in [0.25, 0.3) is 0 Å². The van der Waals surface area contributed by atoms with E-state index in [2.05, 4.69) is 0 Å². The molecular formula is C19H22N2O3S. The molecule has 0 aliphatic rings. The first-order valence-corrected chi connectivity index (χ1v) is 9.38. The summed E-state index contributed by atoms with van der Waals surface area (Å²) >= 11 is 0. The first-order chi connectivity index (χ1) is 11.8. The molecule has 2 aromatic carbocycles. The third kappa shape index (κ3) is 3.62. The number of aryl methyl sites for hydroxylation is 1. The number of rotatable bonds is 6. The van der Waals surface area contributed by atoms with Crippen LogP contribution in [-0.2, 0) is 10.0 Å². The van der Waals surface area contributed by atoms with Crippen LogP contribution in [0.5, 0.6) is 5.75 Å². The second-order valence-corrected chi connectivity index (χ2v) is 7.59. The average molecular weight is 358 g/mol. The Hall–Kier alpha value is -2.52. The maximum Gasteiger partial charge on any atom is 0.264 e. The quantitative estimate of drug-likeness (QED) is 0.789. The fourth-order valence-electron chi connectivity index (χ4n) is 2.87. The summed E-state index contributed by atoms with van der Waals surface area (Å²) in [6, 6.07) is 12.6. The topological polar surface area (TPSA) is 70.4 Å². The van der Waals surface area contributed by atoms with Gasteiger partial charge in [0.2, 0.25) is 0 Å². The number of para-hydroxylation sites is 1. The predicted octanol–water partition coefficient (Wildman–Crippen LogP) is 3.73. The van der Waals surface area contributed by atoms with E-state index in [-0.39, 0.29) is 17.9 Å². The van der Waals surface area contributed by atoms with E-state index in [1.807, 2.05) is 19.1 Å². The molecule has 0 aliphatic heterocycles. The SMILES string of the molecule is COc1cc(C)c(S(=O)(=O)N(CCC#N)c2ccccc2)c(C)c1C. The molecule has 0 spiro atoms. The molecule has 0 bridgehead atoms. The Balaban J connectivity index is 2.66. The van der Waals surface area contributed by atoms with E-state index >= 15 is 0 Å². The molecule has 0 aromatic heterocycles. The van der Waals surface area contributed by atoms with Gasteiger partial charge < -0.3 is 4.74 Å². The van der Waals surface area contributed by atoms with Crippen LogP contribution in [0.1, 0.15) is 23.1 Å². The minimum absolute atomic E-state index is 0.104. The van der Waals surface area contributed by atoms with Gasteiger partial charge in [-0.3, -0.25) is 4.31 Å². The fraction of sp³-hybridized carbons (Fsp3) is 0.316. The van der Waals surface area contributed by atoms with Gasteiger partial charge in [-0.25, -0.2) is 8.42 Å². The number of anilines is 1. The number of hydrogen-bond donors (Lipinski definition) is 0. The molecule has 2 aromatic rings. The lowest BCUT2D eigenvalue weighted by molar-refractivity contribution is 0.410. The average Bonchev–Trinajstić information content (AvgIpc) is 2.59. The zero-order valence-corrected chi connectivity index (χ0v) is 15.7. The maximum atomic E-state index is 13.4. The zero-order valence-electron chi connectivity index (χ0n) is 14.9. The lowest BCUT2D eigenvalue weighted by atomic mass is 10.1. The monoisotopic (exact) mass is 358 g/mol. The summed E-state index contributed by atoms with van der Waals surface area (Å²) in [5.41, 5.74) is 2.62. The number of ether oxygens (including phenoxy) is 1. The smallest absolute Gasteiger partial charge is 0.264 e. The second kappa shape index (κ2) is 7.58. The molecule has 6 heteroatoms. The molecule has 5 nitrogen and oxygen atoms in total. The van der Waals surface area contributed by atoms with Gasteiger partial charge in [0.25, 0.3) is 10.0 Å². The summed E-state index contributed by atoms with van der Waals surface area (Å²) in [6.07, 6.45) is 0.112. The summed E-state index contributed by atoms with van der Waals surface area (Å²) in [6.45, 7) is 5.49. The lowest BCUT2D eigenvalue weighted by Crippen LogP contribution is -2.33. The summed E-state index contributed by atoms with van der Waals surface area (Å²) in [7, 11) is -2.24. The van der Waals surface area contributed by atoms with Crippen molar-refractivity contribution in [2.75, 3.05) is 18.0 Å². The Morgan fingerprint density at radius 1 is 1.12 bits per heavy atom. The van der Waals surface area contributed by atoms with Gasteiger partial charge in [-0.2, -0.15) is 5.26 Å². The van der Waals surface area contributed by atoms with E-state index in [0.717, 1.165) is 5.56 Å². The van der Waals surface area contributed by atoms with Crippen molar-refractivity contribution >= 4 is 15.7 Å². The Bertz CT molecular complexity index is 901. The normalized spacial score (nSPS) is 11.0. The number of nitriles is 1. The highest BCUT2D eigenvalue weighted by Gasteiger charge is 2.29. The standard InChI is InChI=1S/C19H22N2O3S/c1-14-13-18(24-4)15(2)16(3)19(14)25(22,23)21(12-8-11-20)17-9-6-5-7-10-17/h5-7,9-10,13H,8,12H2,1-4H3. The van der Waals surface area contributed by atoms with Gasteiger partial charge in [0.1, 0.15) is 5.75 Å². The third-order valence-corrected chi connectivity index (χ3v) is 6.34. The largest absolute Gasteiger partial charge is 0.496 e. The Morgan fingerprint density at radius 2 is 1.76 bits per heavy atom. The molecule has 25 heavy (non-hydrogen) atoms. The predicted molar refractivity (Wildman–Crippen MR) is 98.4 cm³/mol. The summed E-state index contributed by atoms with van der Waals surface area (Å²) < 4.78 is 33.5. The van der Waals surface area contributed by atoms with Crippen molar-refractivity contribution in [3.05, 3.63) is 53.1 Å². The van der Waals surface area contributed by atoms with Gasteiger partial charge >= 0.3 is 0 Å². The van der Waals surface area contributed by atoms with Gasteiger partial charge in [-0.1, -0.05) is 18.2 Å². The van der Waals surface area contributed by atoms with Crippen molar-refractivity contribution in [3.8, 4) is 11.8 Å². The van der Waals surface area contributed by atoms with Crippen LogP contribution in [0.4, 0.5) is 5.69 Å². The van der Waals surface area contributed by atoms with Gasteiger partial charge in [0, 0.05) is 6.54 Å². The van der Waals surface area contributed by atoms with Crippen LogP contribution in [0, 0.1) is 32.1 Å². The minimum atomic E-state index is -3.81. The Kier molecular flexibility index (Phi) is 5.70. The molecule has 0 aliphatic carbocycles. The van der Waals surface area contributed by atoms with Gasteiger partial charge in [-0.05, 0) is 55.7 Å². The molecule has 132 valence electrons. The molecule has 0 saturated heterocycles. The van der Waals surface area contributed by atoms with Crippen molar-refractivity contribution in [3.63, 3.8) is 0 Å². The molecule has 0 fully saturated rings. The molecule has 0 radical (unpaired) electrons. The molecule has 0 heterocycles. The van der Waals surface area contributed by atoms with Crippen LogP contribution < -0.4 is 9.04 Å². The minimum Gasteiger partial charge on any atom is -0.496 e. The zero-order chi connectivity index (χ0) is 18.6. The Labute approximate surface area is 149 Å². The highest BCUT2D eigenvalue weighted by molar-refractivity contribution is 7.93.